The third-order valence-electron chi connectivity index (χ3n) is 1.33. The van der Waals surface area contributed by atoms with Crippen LogP contribution in [-0.2, 0) is 9.53 Å². The molecule has 0 saturated carbocycles. The second-order valence-electron chi connectivity index (χ2n) is 1.90. The van der Waals surface area contributed by atoms with Gasteiger partial charge in [-0.3, -0.25) is 4.79 Å². The molecule has 8 heavy (non-hydrogen) atoms. The van der Waals surface area contributed by atoms with Crippen molar-refractivity contribution >= 4 is 5.97 Å². The molecule has 1 fully saturated rings. The third kappa shape index (κ3) is 0.529. The minimum atomic E-state index is -0.146. The van der Waals surface area contributed by atoms with Gasteiger partial charge in [-0.15, -0.1) is 6.58 Å². The second kappa shape index (κ2) is 1.62. The van der Waals surface area contributed by atoms with Crippen LogP contribution in [0.15, 0.2) is 12.7 Å². The van der Waals surface area contributed by atoms with Crippen LogP contribution in [0.25, 0.3) is 0 Å². The Bertz CT molecular complexity index is 128. The summed E-state index contributed by atoms with van der Waals surface area (Å²) in [5, 5.41) is 0. The van der Waals surface area contributed by atoms with Gasteiger partial charge in [0.2, 0.25) is 0 Å². The molecule has 0 radical (unpaired) electrons. The first-order valence-corrected chi connectivity index (χ1v) is 2.58. The van der Waals surface area contributed by atoms with E-state index in [0.29, 0.717) is 0 Å². The molecule has 1 aliphatic rings. The smallest absolute Gasteiger partial charge is 0.316 e. The summed E-state index contributed by atoms with van der Waals surface area (Å²) in [6, 6.07) is 0. The molecule has 0 aromatic carbocycles. The number of carbonyl (C=O) groups is 1. The van der Waals surface area contributed by atoms with Crippen molar-refractivity contribution in [3.63, 3.8) is 0 Å². The van der Waals surface area contributed by atoms with Crippen molar-refractivity contribution in [2.75, 3.05) is 0 Å². The standard InChI is InChI=1S/C6H8O2/c1-3-5-4(2)8-6(5)7/h3-5H,1H2,2H3. The first-order valence-electron chi connectivity index (χ1n) is 2.58. The van der Waals surface area contributed by atoms with Gasteiger partial charge in [-0.05, 0) is 6.92 Å². The zero-order valence-corrected chi connectivity index (χ0v) is 4.76. The van der Waals surface area contributed by atoms with E-state index in [0.717, 1.165) is 0 Å². The molecule has 2 nitrogen and oxygen atoms in total. The largest absolute Gasteiger partial charge is 0.461 e. The van der Waals surface area contributed by atoms with Crippen molar-refractivity contribution in [3.8, 4) is 0 Å². The van der Waals surface area contributed by atoms with Crippen LogP contribution in [0, 0.1) is 5.92 Å². The van der Waals surface area contributed by atoms with Crippen LogP contribution in [0.4, 0.5) is 0 Å². The van der Waals surface area contributed by atoms with E-state index in [1.807, 2.05) is 6.92 Å². The van der Waals surface area contributed by atoms with Gasteiger partial charge in [-0.2, -0.15) is 0 Å². The number of carbonyl (C=O) groups excluding carboxylic acids is 1. The number of esters is 1. The minimum absolute atomic E-state index is 0.0463. The lowest BCUT2D eigenvalue weighted by atomic mass is 9.99. The summed E-state index contributed by atoms with van der Waals surface area (Å²) >= 11 is 0. The summed E-state index contributed by atoms with van der Waals surface area (Å²) in [6.45, 7) is 5.34. The number of cyclic esters (lactones) is 1. The number of ether oxygens (including phenoxy) is 1. The van der Waals surface area contributed by atoms with Crippen LogP contribution in [0.1, 0.15) is 6.92 Å². The van der Waals surface area contributed by atoms with E-state index in [1.54, 1.807) is 6.08 Å². The Kier molecular flexibility index (Phi) is 1.08. The lowest BCUT2D eigenvalue weighted by molar-refractivity contribution is -0.176. The molecule has 0 N–H and O–H groups in total. The molecule has 44 valence electrons. The Balaban J connectivity index is 2.52. The number of hydrogen-bond donors (Lipinski definition) is 0. The van der Waals surface area contributed by atoms with Gasteiger partial charge in [0.25, 0.3) is 0 Å². The van der Waals surface area contributed by atoms with E-state index < -0.39 is 0 Å². The van der Waals surface area contributed by atoms with Gasteiger partial charge in [-0.25, -0.2) is 0 Å². The molecule has 0 aromatic rings. The fourth-order valence-corrected chi connectivity index (χ4v) is 0.742. The Morgan fingerprint density at radius 3 is 2.62 bits per heavy atom. The molecule has 2 unspecified atom stereocenters. The summed E-state index contributed by atoms with van der Waals surface area (Å²) in [7, 11) is 0. The Hall–Kier alpha value is -0.790. The predicted molar refractivity (Wildman–Crippen MR) is 29.2 cm³/mol. The zero-order valence-electron chi connectivity index (χ0n) is 4.76. The molecule has 0 amide bonds. The zero-order chi connectivity index (χ0) is 6.15. The maximum absolute atomic E-state index is 10.4. The van der Waals surface area contributed by atoms with Crippen molar-refractivity contribution in [2.24, 2.45) is 5.92 Å². The highest BCUT2D eigenvalue weighted by atomic mass is 16.6. The summed E-state index contributed by atoms with van der Waals surface area (Å²) in [5.41, 5.74) is 0. The molecule has 0 bridgehead atoms. The average Bonchev–Trinajstić information content (AvgIpc) is 1.67. The van der Waals surface area contributed by atoms with E-state index in [2.05, 4.69) is 11.3 Å². The van der Waals surface area contributed by atoms with Crippen LogP contribution in [0.3, 0.4) is 0 Å². The minimum Gasteiger partial charge on any atom is -0.461 e. The highest BCUT2D eigenvalue weighted by molar-refractivity contribution is 5.80. The predicted octanol–water partition coefficient (Wildman–Crippen LogP) is 0.734. The molecule has 0 aliphatic carbocycles. The highest BCUT2D eigenvalue weighted by Gasteiger charge is 2.35. The third-order valence-corrected chi connectivity index (χ3v) is 1.33. The van der Waals surface area contributed by atoms with Gasteiger partial charge in [0.15, 0.2) is 0 Å². The molecule has 0 aromatic heterocycles. The van der Waals surface area contributed by atoms with Gasteiger partial charge in [0.05, 0.1) is 0 Å². The van der Waals surface area contributed by atoms with Gasteiger partial charge < -0.3 is 4.74 Å². The summed E-state index contributed by atoms with van der Waals surface area (Å²) in [4.78, 5) is 10.4. The molecular weight excluding hydrogens is 104 g/mol. The molecule has 2 heteroatoms. The molecule has 1 heterocycles. The second-order valence-corrected chi connectivity index (χ2v) is 1.90. The fourth-order valence-electron chi connectivity index (χ4n) is 0.742. The van der Waals surface area contributed by atoms with Gasteiger partial charge in [0.1, 0.15) is 12.0 Å². The lowest BCUT2D eigenvalue weighted by Gasteiger charge is -2.29. The monoisotopic (exact) mass is 112 g/mol. The summed E-state index contributed by atoms with van der Waals surface area (Å²) in [6.07, 6.45) is 1.68. The van der Waals surface area contributed by atoms with Crippen molar-refractivity contribution < 1.29 is 9.53 Å². The Morgan fingerprint density at radius 1 is 1.88 bits per heavy atom. The topological polar surface area (TPSA) is 26.3 Å². The van der Waals surface area contributed by atoms with E-state index >= 15 is 0 Å². The van der Waals surface area contributed by atoms with Gasteiger partial charge in [-0.1, -0.05) is 6.08 Å². The number of hydrogen-bond acceptors (Lipinski definition) is 2. The van der Waals surface area contributed by atoms with Crippen LogP contribution in [0.2, 0.25) is 0 Å². The van der Waals surface area contributed by atoms with E-state index in [1.165, 1.54) is 0 Å². The average molecular weight is 112 g/mol. The van der Waals surface area contributed by atoms with Crippen molar-refractivity contribution in [1.29, 1.82) is 0 Å². The van der Waals surface area contributed by atoms with E-state index in [-0.39, 0.29) is 18.0 Å². The van der Waals surface area contributed by atoms with Crippen LogP contribution >= 0.6 is 0 Å². The van der Waals surface area contributed by atoms with Crippen molar-refractivity contribution in [3.05, 3.63) is 12.7 Å². The maximum atomic E-state index is 10.4. The Labute approximate surface area is 48.1 Å². The quantitative estimate of drug-likeness (QED) is 0.369. The maximum Gasteiger partial charge on any atom is 0.316 e. The van der Waals surface area contributed by atoms with Gasteiger partial charge >= 0.3 is 5.97 Å². The fraction of sp³-hybridized carbons (Fsp3) is 0.500. The first-order chi connectivity index (χ1) is 3.75. The van der Waals surface area contributed by atoms with Crippen LogP contribution in [0.5, 0.6) is 0 Å². The van der Waals surface area contributed by atoms with E-state index in [9.17, 15) is 4.79 Å². The van der Waals surface area contributed by atoms with E-state index in [4.69, 9.17) is 0 Å². The Morgan fingerprint density at radius 2 is 2.50 bits per heavy atom. The lowest BCUT2D eigenvalue weighted by Crippen LogP contribution is -2.41. The molecule has 1 rings (SSSR count). The molecular formula is C6H8O2. The molecule has 1 aliphatic heterocycles. The van der Waals surface area contributed by atoms with Gasteiger partial charge in [0, 0.05) is 0 Å². The molecule has 1 saturated heterocycles. The first kappa shape index (κ1) is 5.35. The molecule has 0 spiro atoms. The van der Waals surface area contributed by atoms with Crippen LogP contribution in [-0.4, -0.2) is 12.1 Å². The normalized spacial score (nSPS) is 35.4. The van der Waals surface area contributed by atoms with Crippen LogP contribution < -0.4 is 0 Å². The summed E-state index contributed by atoms with van der Waals surface area (Å²) in [5.74, 6) is -0.192. The number of rotatable bonds is 1. The highest BCUT2D eigenvalue weighted by Crippen LogP contribution is 2.21. The van der Waals surface area contributed by atoms with Crippen molar-refractivity contribution in [1.82, 2.24) is 0 Å². The SMILES string of the molecule is C=CC1C(=O)OC1C. The van der Waals surface area contributed by atoms with Crippen molar-refractivity contribution in [2.45, 2.75) is 13.0 Å². The molecule has 2 atom stereocenters. The summed E-state index contributed by atoms with van der Waals surface area (Å²) < 4.78 is 4.63.